The van der Waals surface area contributed by atoms with E-state index in [4.69, 9.17) is 9.47 Å². The van der Waals surface area contributed by atoms with Crippen molar-refractivity contribution in [2.75, 3.05) is 71.5 Å². The Morgan fingerprint density at radius 3 is 2.56 bits per heavy atom. The standard InChI is InChI=1S/C30H35FN6O5S/c1-34(2)11-16-42-29(38)30-18-22-19-33-37(25-5-3-24(31)4-6-25)27(22)17-23(30)9-10-36(21-30)43(39,40)26-7-8-28(32-20-26)35-12-14-41-15-13-35/h3-8,17,19-20H,9-16,18,21H2,1-2H3/t30-/m0/s1. The number of piperidine rings is 1. The number of fused-ring (bicyclic) bond motifs is 2. The Kier molecular flexibility index (Phi) is 8.07. The van der Waals surface area contributed by atoms with E-state index in [1.165, 1.54) is 22.6 Å². The predicted molar refractivity (Wildman–Crippen MR) is 158 cm³/mol. The van der Waals surface area contributed by atoms with Gasteiger partial charge in [0.25, 0.3) is 0 Å². The monoisotopic (exact) mass is 610 g/mol. The van der Waals surface area contributed by atoms with Gasteiger partial charge in [-0.3, -0.25) is 4.79 Å². The van der Waals surface area contributed by atoms with E-state index in [1.807, 2.05) is 25.1 Å². The average molecular weight is 611 g/mol. The largest absolute Gasteiger partial charge is 0.464 e. The molecular formula is C30H35FN6O5S. The van der Waals surface area contributed by atoms with Gasteiger partial charge in [-0.05, 0) is 80.5 Å². The topological polar surface area (TPSA) is 110 Å². The van der Waals surface area contributed by atoms with Crippen LogP contribution in [0.25, 0.3) is 11.8 Å². The first-order valence-corrected chi connectivity index (χ1v) is 15.8. The molecule has 0 N–H and O–H groups in total. The molecule has 3 aromatic rings. The number of aromatic nitrogens is 3. The van der Waals surface area contributed by atoms with Gasteiger partial charge in [-0.15, -0.1) is 0 Å². The summed E-state index contributed by atoms with van der Waals surface area (Å²) in [4.78, 5) is 22.4. The normalized spacial score (nSPS) is 20.8. The van der Waals surface area contributed by atoms with Crippen molar-refractivity contribution in [3.05, 3.63) is 71.4 Å². The number of rotatable bonds is 8. The molecule has 0 radical (unpaired) electrons. The van der Waals surface area contributed by atoms with Crippen LogP contribution in [-0.4, -0.2) is 105 Å². The molecule has 43 heavy (non-hydrogen) atoms. The Bertz CT molecular complexity index is 1620. The molecule has 11 nitrogen and oxygen atoms in total. The minimum absolute atomic E-state index is 0.0612. The van der Waals surface area contributed by atoms with Crippen molar-refractivity contribution >= 4 is 27.9 Å². The van der Waals surface area contributed by atoms with Crippen molar-refractivity contribution < 1.29 is 27.1 Å². The molecule has 2 aliphatic heterocycles. The Morgan fingerprint density at radius 2 is 1.86 bits per heavy atom. The first-order chi connectivity index (χ1) is 20.7. The van der Waals surface area contributed by atoms with Gasteiger partial charge in [0.05, 0.1) is 30.8 Å². The van der Waals surface area contributed by atoms with Crippen LogP contribution in [0.1, 0.15) is 17.7 Å². The Labute approximate surface area is 250 Å². The van der Waals surface area contributed by atoms with E-state index in [1.54, 1.807) is 35.1 Å². The highest BCUT2D eigenvalue weighted by atomic mass is 32.2. The van der Waals surface area contributed by atoms with E-state index in [9.17, 15) is 17.6 Å². The number of morpholine rings is 1. The number of sulfonamides is 1. The van der Waals surface area contributed by atoms with Gasteiger partial charge in [-0.2, -0.15) is 9.40 Å². The molecule has 1 aromatic carbocycles. The summed E-state index contributed by atoms with van der Waals surface area (Å²) in [5.74, 6) is -0.103. The van der Waals surface area contributed by atoms with Crippen LogP contribution in [-0.2, 0) is 30.7 Å². The van der Waals surface area contributed by atoms with Crippen LogP contribution >= 0.6 is 0 Å². The Hall–Kier alpha value is -3.65. The quantitative estimate of drug-likeness (QED) is 0.355. The van der Waals surface area contributed by atoms with Gasteiger partial charge in [-0.1, -0.05) is 0 Å². The Balaban J connectivity index is 1.31. The van der Waals surface area contributed by atoms with Crippen LogP contribution in [0.15, 0.2) is 59.3 Å². The molecule has 0 unspecified atom stereocenters. The minimum atomic E-state index is -3.96. The number of likely N-dealkylation sites (N-methyl/N-ethyl adjacent to an activating group) is 1. The fraction of sp³-hybridized carbons (Fsp3) is 0.433. The molecule has 0 spiro atoms. The highest BCUT2D eigenvalue weighted by Crippen LogP contribution is 2.46. The van der Waals surface area contributed by atoms with E-state index >= 15 is 0 Å². The molecule has 13 heteroatoms. The smallest absolute Gasteiger partial charge is 0.317 e. The van der Waals surface area contributed by atoms with Crippen LogP contribution in [0, 0.1) is 11.2 Å². The van der Waals surface area contributed by atoms with Crippen molar-refractivity contribution in [1.82, 2.24) is 24.0 Å². The molecule has 1 atom stereocenters. The van der Waals surface area contributed by atoms with Crippen LogP contribution in [0.5, 0.6) is 0 Å². The lowest BCUT2D eigenvalue weighted by atomic mass is 9.69. The van der Waals surface area contributed by atoms with E-state index < -0.39 is 21.4 Å². The number of ether oxygens (including phenoxy) is 2. The van der Waals surface area contributed by atoms with E-state index in [0.717, 1.165) is 16.8 Å². The fourth-order valence-electron chi connectivity index (χ4n) is 5.89. The second kappa shape index (κ2) is 11.8. The first kappa shape index (κ1) is 29.4. The highest BCUT2D eigenvalue weighted by Gasteiger charge is 2.52. The summed E-state index contributed by atoms with van der Waals surface area (Å²) < 4.78 is 55.7. The van der Waals surface area contributed by atoms with Crippen molar-refractivity contribution in [1.29, 1.82) is 0 Å². The Morgan fingerprint density at radius 1 is 1.09 bits per heavy atom. The van der Waals surface area contributed by atoms with Crippen LogP contribution in [0.4, 0.5) is 10.2 Å². The average Bonchev–Trinajstić information content (AvgIpc) is 3.42. The number of hydrogen-bond acceptors (Lipinski definition) is 9. The summed E-state index contributed by atoms with van der Waals surface area (Å²) in [7, 11) is -0.176. The fourth-order valence-corrected chi connectivity index (χ4v) is 7.34. The van der Waals surface area contributed by atoms with Gasteiger partial charge in [0.1, 0.15) is 28.6 Å². The lowest BCUT2D eigenvalue weighted by Gasteiger charge is -2.44. The van der Waals surface area contributed by atoms with Gasteiger partial charge in [-0.25, -0.2) is 22.5 Å². The molecule has 2 aromatic heterocycles. The summed E-state index contributed by atoms with van der Waals surface area (Å²) in [6.07, 6.45) is 5.57. The highest BCUT2D eigenvalue weighted by molar-refractivity contribution is 7.89. The zero-order chi connectivity index (χ0) is 30.2. The third-order valence-corrected chi connectivity index (χ3v) is 10.1. The zero-order valence-corrected chi connectivity index (χ0v) is 25.1. The van der Waals surface area contributed by atoms with Crippen molar-refractivity contribution in [3.8, 4) is 5.69 Å². The van der Waals surface area contributed by atoms with Crippen molar-refractivity contribution in [2.45, 2.75) is 17.7 Å². The van der Waals surface area contributed by atoms with E-state index in [-0.39, 0.29) is 36.8 Å². The third kappa shape index (κ3) is 5.69. The molecule has 4 heterocycles. The lowest BCUT2D eigenvalue weighted by Crippen LogP contribution is -2.53. The maximum absolute atomic E-state index is 13.9. The van der Waals surface area contributed by atoms with Gasteiger partial charge < -0.3 is 19.3 Å². The predicted octanol–water partition coefficient (Wildman–Crippen LogP) is 2.37. The number of nitrogens with zero attached hydrogens (tertiary/aromatic N) is 6. The first-order valence-electron chi connectivity index (χ1n) is 14.3. The number of carbonyl (C=O) groups is 1. The summed E-state index contributed by atoms with van der Waals surface area (Å²) in [6.45, 7) is 3.45. The van der Waals surface area contributed by atoms with E-state index in [2.05, 4.69) is 15.0 Å². The third-order valence-electron chi connectivity index (χ3n) is 8.31. The summed E-state index contributed by atoms with van der Waals surface area (Å²) >= 11 is 0. The number of hydrogen-bond donors (Lipinski definition) is 0. The maximum Gasteiger partial charge on any atom is 0.317 e. The number of halogens is 1. The van der Waals surface area contributed by atoms with Crippen LogP contribution in [0.2, 0.25) is 0 Å². The summed E-state index contributed by atoms with van der Waals surface area (Å²) in [5.41, 5.74) is 1.85. The molecule has 228 valence electrons. The maximum atomic E-state index is 13.9. The number of benzene rings is 1. The van der Waals surface area contributed by atoms with E-state index in [0.29, 0.717) is 50.8 Å². The summed E-state index contributed by atoms with van der Waals surface area (Å²) in [5, 5.41) is 4.53. The summed E-state index contributed by atoms with van der Waals surface area (Å²) in [6, 6.07) is 9.33. The van der Waals surface area contributed by atoms with Gasteiger partial charge in [0.2, 0.25) is 10.0 Å². The zero-order valence-electron chi connectivity index (χ0n) is 24.3. The van der Waals surface area contributed by atoms with Crippen LogP contribution in [0.3, 0.4) is 0 Å². The SMILES string of the molecule is CN(C)CCOC(=O)[C@]12Cc3cnn(-c4ccc(F)cc4)c3C=C1CCN(S(=O)(=O)c1ccc(N3CCOCC3)nc1)C2. The van der Waals surface area contributed by atoms with Gasteiger partial charge >= 0.3 is 5.97 Å². The second-order valence-electron chi connectivity index (χ2n) is 11.4. The molecule has 0 saturated carbocycles. The molecule has 0 amide bonds. The number of carbonyl (C=O) groups excluding carboxylic acids is 1. The molecule has 3 aliphatic rings. The van der Waals surface area contributed by atoms with Crippen LogP contribution < -0.4 is 4.90 Å². The molecular weight excluding hydrogens is 575 g/mol. The van der Waals surface area contributed by atoms with Crippen molar-refractivity contribution in [3.63, 3.8) is 0 Å². The number of pyridine rings is 1. The molecule has 0 bridgehead atoms. The molecule has 6 rings (SSSR count). The van der Waals surface area contributed by atoms with Gasteiger partial charge in [0.15, 0.2) is 0 Å². The van der Waals surface area contributed by atoms with Gasteiger partial charge in [0, 0.05) is 38.9 Å². The lowest BCUT2D eigenvalue weighted by molar-refractivity contribution is -0.155. The van der Waals surface area contributed by atoms with Crippen molar-refractivity contribution in [2.24, 2.45) is 5.41 Å². The number of anilines is 1. The second-order valence-corrected chi connectivity index (χ2v) is 13.3. The molecule has 1 aliphatic carbocycles. The molecule has 2 saturated heterocycles. The molecule has 2 fully saturated rings. The number of esters is 1. The minimum Gasteiger partial charge on any atom is -0.464 e.